The van der Waals surface area contributed by atoms with E-state index in [1.165, 1.54) is 38.9 Å². The maximum absolute atomic E-state index is 12.9. The first kappa shape index (κ1) is 27.8. The van der Waals surface area contributed by atoms with E-state index in [2.05, 4.69) is 5.32 Å². The number of hydrogen-bond acceptors (Lipinski definition) is 7. The molecule has 0 aromatic heterocycles. The van der Waals surface area contributed by atoms with E-state index in [-0.39, 0.29) is 46.6 Å². The fraction of sp³-hybridized carbons (Fsp3) is 0.458. The Morgan fingerprint density at radius 2 is 1.46 bits per heavy atom. The van der Waals surface area contributed by atoms with Crippen molar-refractivity contribution in [2.45, 2.75) is 29.1 Å². The molecule has 2 aromatic rings. The number of nitrogens with one attached hydrogen (secondary N) is 1. The molecular formula is C24H30ClN3O7S2. The predicted octanol–water partition coefficient (Wildman–Crippen LogP) is 2.34. The SMILES string of the molecule is O=C(NCCOc1ccc(S(=O)(=O)N2CCCCC2)cc1)c1cc(S(=O)(=O)N2CCOCC2)ccc1Cl. The molecule has 37 heavy (non-hydrogen) atoms. The molecule has 2 heterocycles. The summed E-state index contributed by atoms with van der Waals surface area (Å²) in [4.78, 5) is 12.9. The van der Waals surface area contributed by atoms with Gasteiger partial charge in [0.15, 0.2) is 0 Å². The van der Waals surface area contributed by atoms with E-state index in [1.807, 2.05) is 0 Å². The fourth-order valence-corrected chi connectivity index (χ4v) is 7.32. The van der Waals surface area contributed by atoms with Gasteiger partial charge in [0.2, 0.25) is 20.0 Å². The van der Waals surface area contributed by atoms with E-state index < -0.39 is 26.0 Å². The molecule has 10 nitrogen and oxygen atoms in total. The van der Waals surface area contributed by atoms with Crippen molar-refractivity contribution in [1.82, 2.24) is 13.9 Å². The van der Waals surface area contributed by atoms with E-state index in [1.54, 1.807) is 12.1 Å². The number of hydrogen-bond donors (Lipinski definition) is 1. The first-order valence-corrected chi connectivity index (χ1v) is 15.3. The van der Waals surface area contributed by atoms with Crippen LogP contribution in [0.25, 0.3) is 0 Å². The molecule has 0 saturated carbocycles. The Hall–Kier alpha value is -2.22. The molecule has 13 heteroatoms. The lowest BCUT2D eigenvalue weighted by Gasteiger charge is -2.26. The van der Waals surface area contributed by atoms with Gasteiger partial charge < -0.3 is 14.8 Å². The number of amides is 1. The van der Waals surface area contributed by atoms with Crippen molar-refractivity contribution in [3.8, 4) is 5.75 Å². The topological polar surface area (TPSA) is 122 Å². The molecular weight excluding hydrogens is 542 g/mol. The third kappa shape index (κ3) is 6.62. The highest BCUT2D eigenvalue weighted by Crippen LogP contribution is 2.24. The van der Waals surface area contributed by atoms with Crippen molar-refractivity contribution in [1.29, 1.82) is 0 Å². The molecule has 202 valence electrons. The minimum atomic E-state index is -3.77. The first-order chi connectivity index (χ1) is 17.7. The number of ether oxygens (including phenoxy) is 2. The second kappa shape index (κ2) is 12.1. The Morgan fingerprint density at radius 1 is 0.865 bits per heavy atom. The van der Waals surface area contributed by atoms with Crippen LogP contribution in [0.2, 0.25) is 5.02 Å². The largest absolute Gasteiger partial charge is 0.492 e. The molecule has 4 rings (SSSR count). The van der Waals surface area contributed by atoms with Crippen LogP contribution in [0.3, 0.4) is 0 Å². The van der Waals surface area contributed by atoms with E-state index in [9.17, 15) is 21.6 Å². The first-order valence-electron chi connectivity index (χ1n) is 12.1. The zero-order valence-corrected chi connectivity index (χ0v) is 22.7. The van der Waals surface area contributed by atoms with Gasteiger partial charge in [-0.25, -0.2) is 16.8 Å². The highest BCUT2D eigenvalue weighted by Gasteiger charge is 2.28. The van der Waals surface area contributed by atoms with Crippen LogP contribution in [0.4, 0.5) is 0 Å². The Morgan fingerprint density at radius 3 is 2.14 bits per heavy atom. The van der Waals surface area contributed by atoms with Crippen molar-refractivity contribution in [2.24, 2.45) is 0 Å². The summed E-state index contributed by atoms with van der Waals surface area (Å²) < 4.78 is 65.0. The standard InChI is InChI=1S/C24H30ClN3O7S2/c25-23-9-8-21(37(32,33)28-13-16-34-17-14-28)18-22(23)24(29)26-10-15-35-19-4-6-20(7-5-19)36(30,31)27-11-2-1-3-12-27/h4-9,18H,1-3,10-17H2,(H,26,29). The third-order valence-electron chi connectivity index (χ3n) is 6.22. The fourth-order valence-electron chi connectivity index (χ4n) is 4.17. The minimum Gasteiger partial charge on any atom is -0.492 e. The summed E-state index contributed by atoms with van der Waals surface area (Å²) in [6.07, 6.45) is 2.77. The molecule has 2 saturated heterocycles. The van der Waals surface area contributed by atoms with Crippen LogP contribution in [0, 0.1) is 0 Å². The molecule has 0 unspecified atom stereocenters. The number of halogens is 1. The predicted molar refractivity (Wildman–Crippen MR) is 138 cm³/mol. The van der Waals surface area contributed by atoms with Gasteiger partial charge in [0, 0.05) is 26.2 Å². The summed E-state index contributed by atoms with van der Waals surface area (Å²) in [5.74, 6) is -0.0703. The lowest BCUT2D eigenvalue weighted by molar-refractivity contribution is 0.0730. The van der Waals surface area contributed by atoms with E-state index >= 15 is 0 Å². The molecule has 0 atom stereocenters. The van der Waals surface area contributed by atoms with Crippen LogP contribution in [-0.4, -0.2) is 83.9 Å². The number of benzene rings is 2. The zero-order chi connectivity index (χ0) is 26.5. The Balaban J connectivity index is 1.31. The molecule has 2 aliphatic heterocycles. The highest BCUT2D eigenvalue weighted by atomic mass is 35.5. The van der Waals surface area contributed by atoms with Crippen molar-refractivity contribution in [3.05, 3.63) is 53.1 Å². The van der Waals surface area contributed by atoms with Gasteiger partial charge in [0.05, 0.1) is 40.1 Å². The average Bonchev–Trinajstić information content (AvgIpc) is 2.92. The molecule has 0 bridgehead atoms. The van der Waals surface area contributed by atoms with Gasteiger partial charge in [-0.3, -0.25) is 4.79 Å². The number of carbonyl (C=O) groups is 1. The molecule has 2 aromatic carbocycles. The van der Waals surface area contributed by atoms with E-state index in [4.69, 9.17) is 21.1 Å². The van der Waals surface area contributed by atoms with Crippen LogP contribution < -0.4 is 10.1 Å². The van der Waals surface area contributed by atoms with Gasteiger partial charge in [-0.2, -0.15) is 8.61 Å². The number of nitrogens with zero attached hydrogens (tertiary/aromatic N) is 2. The van der Waals surface area contributed by atoms with Crippen LogP contribution in [0.1, 0.15) is 29.6 Å². The van der Waals surface area contributed by atoms with Gasteiger partial charge >= 0.3 is 0 Å². The average molecular weight is 572 g/mol. The van der Waals surface area contributed by atoms with Crippen LogP contribution in [-0.2, 0) is 24.8 Å². The van der Waals surface area contributed by atoms with Gasteiger partial charge in [-0.15, -0.1) is 0 Å². The quantitative estimate of drug-likeness (QED) is 0.458. The molecule has 2 aliphatic rings. The van der Waals surface area contributed by atoms with E-state index in [0.29, 0.717) is 32.1 Å². The lowest BCUT2D eigenvalue weighted by atomic mass is 10.2. The van der Waals surface area contributed by atoms with Crippen molar-refractivity contribution in [3.63, 3.8) is 0 Å². The summed E-state index contributed by atoms with van der Waals surface area (Å²) in [5, 5.41) is 2.80. The number of piperidine rings is 1. The Kier molecular flexibility index (Phi) is 9.09. The number of sulfonamides is 2. The number of rotatable bonds is 9. The van der Waals surface area contributed by atoms with Crippen molar-refractivity contribution >= 4 is 37.6 Å². The third-order valence-corrected chi connectivity index (χ3v) is 10.4. The molecule has 2 fully saturated rings. The lowest BCUT2D eigenvalue weighted by Crippen LogP contribution is -2.40. The number of morpholine rings is 1. The van der Waals surface area contributed by atoms with Gasteiger partial charge in [-0.1, -0.05) is 18.0 Å². The van der Waals surface area contributed by atoms with Crippen molar-refractivity contribution < 1.29 is 31.1 Å². The second-order valence-electron chi connectivity index (χ2n) is 8.70. The smallest absolute Gasteiger partial charge is 0.252 e. The maximum Gasteiger partial charge on any atom is 0.252 e. The molecule has 1 amide bonds. The van der Waals surface area contributed by atoms with E-state index in [0.717, 1.165) is 19.3 Å². The highest BCUT2D eigenvalue weighted by molar-refractivity contribution is 7.89. The summed E-state index contributed by atoms with van der Waals surface area (Å²) in [6, 6.07) is 10.2. The summed E-state index contributed by atoms with van der Waals surface area (Å²) in [6.45, 7) is 2.44. The molecule has 0 radical (unpaired) electrons. The van der Waals surface area contributed by atoms with Gasteiger partial charge in [0.25, 0.3) is 5.91 Å². The zero-order valence-electron chi connectivity index (χ0n) is 20.3. The van der Waals surface area contributed by atoms with Crippen LogP contribution >= 0.6 is 11.6 Å². The molecule has 0 spiro atoms. The molecule has 1 N–H and O–H groups in total. The molecule has 0 aliphatic carbocycles. The van der Waals surface area contributed by atoms with Crippen molar-refractivity contribution in [2.75, 3.05) is 52.5 Å². The number of carbonyl (C=O) groups excluding carboxylic acids is 1. The minimum absolute atomic E-state index is 0.0141. The monoisotopic (exact) mass is 571 g/mol. The van der Waals surface area contributed by atoms with Crippen LogP contribution in [0.15, 0.2) is 52.3 Å². The normalized spacial score (nSPS) is 17.9. The summed E-state index contributed by atoms with van der Waals surface area (Å²) in [7, 11) is -7.29. The summed E-state index contributed by atoms with van der Waals surface area (Å²) in [5.41, 5.74) is 0.0447. The Bertz CT molecular complexity index is 1310. The Labute approximate surface area is 222 Å². The second-order valence-corrected chi connectivity index (χ2v) is 13.0. The van der Waals surface area contributed by atoms with Crippen LogP contribution in [0.5, 0.6) is 5.75 Å². The summed E-state index contributed by atoms with van der Waals surface area (Å²) >= 11 is 6.17. The maximum atomic E-state index is 12.9. The van der Waals surface area contributed by atoms with Gasteiger partial charge in [-0.05, 0) is 55.3 Å². The van der Waals surface area contributed by atoms with Gasteiger partial charge in [0.1, 0.15) is 12.4 Å².